The van der Waals surface area contributed by atoms with Gasteiger partial charge in [0.15, 0.2) is 0 Å². The first-order chi connectivity index (χ1) is 13.9. The van der Waals surface area contributed by atoms with Crippen molar-refractivity contribution in [1.29, 1.82) is 5.26 Å². The molecule has 29 heavy (non-hydrogen) atoms. The number of para-hydroxylation sites is 1. The van der Waals surface area contributed by atoms with Crippen LogP contribution in [-0.4, -0.2) is 23.4 Å². The summed E-state index contributed by atoms with van der Waals surface area (Å²) < 4.78 is 5.05. The molecule has 0 saturated carbocycles. The third-order valence-electron chi connectivity index (χ3n) is 4.11. The van der Waals surface area contributed by atoms with Gasteiger partial charge in [-0.25, -0.2) is 9.79 Å². The van der Waals surface area contributed by atoms with Crippen LogP contribution in [0.1, 0.15) is 12.5 Å². The number of halogens is 2. The zero-order valence-corrected chi connectivity index (χ0v) is 17.5. The van der Waals surface area contributed by atoms with Crippen LogP contribution in [0.2, 0.25) is 10.0 Å². The highest BCUT2D eigenvalue weighted by molar-refractivity contribution is 8.19. The van der Waals surface area contributed by atoms with Gasteiger partial charge in [-0.05, 0) is 36.8 Å². The lowest BCUT2D eigenvalue weighted by Crippen LogP contribution is -2.41. The molecule has 1 fully saturated rings. The first-order valence-electron chi connectivity index (χ1n) is 8.55. The second kappa shape index (κ2) is 8.83. The van der Waals surface area contributed by atoms with Crippen LogP contribution < -0.4 is 0 Å². The summed E-state index contributed by atoms with van der Waals surface area (Å²) in [5.41, 5.74) is -1.26. The van der Waals surface area contributed by atoms with Gasteiger partial charge < -0.3 is 4.74 Å². The summed E-state index contributed by atoms with van der Waals surface area (Å²) in [4.78, 5) is 30.5. The first kappa shape index (κ1) is 21.1. The monoisotopic (exact) mass is 444 g/mol. The number of benzene rings is 2. The lowest BCUT2D eigenvalue weighted by Gasteiger charge is -2.16. The maximum Gasteiger partial charge on any atom is 0.341 e. The number of hydrogen-bond acceptors (Lipinski definition) is 6. The van der Waals surface area contributed by atoms with E-state index in [1.54, 1.807) is 55.5 Å². The normalized spacial score (nSPS) is 21.4. The molecule has 0 aromatic heterocycles. The summed E-state index contributed by atoms with van der Waals surface area (Å²) in [6.07, 6.45) is 1.54. The van der Waals surface area contributed by atoms with E-state index < -0.39 is 17.2 Å². The Morgan fingerprint density at radius 1 is 1.21 bits per heavy atom. The number of carbonyl (C=O) groups is 2. The average molecular weight is 445 g/mol. The first-order valence-corrected chi connectivity index (χ1v) is 10.1. The van der Waals surface area contributed by atoms with Crippen LogP contribution in [0, 0.1) is 16.7 Å². The highest BCUT2D eigenvalue weighted by Crippen LogP contribution is 2.46. The van der Waals surface area contributed by atoms with E-state index in [1.807, 2.05) is 6.07 Å². The smallest absolute Gasteiger partial charge is 0.341 e. The largest absolute Gasteiger partial charge is 0.464 e. The minimum Gasteiger partial charge on any atom is -0.464 e. The molecule has 0 spiro atoms. The number of ether oxygens (including phenoxy) is 1. The number of ketones is 1. The zero-order valence-electron chi connectivity index (χ0n) is 15.2. The van der Waals surface area contributed by atoms with E-state index in [-0.39, 0.29) is 16.6 Å². The van der Waals surface area contributed by atoms with E-state index in [4.69, 9.17) is 27.9 Å². The summed E-state index contributed by atoms with van der Waals surface area (Å²) in [5.74, 6) is -1.66. The number of thioether (sulfide) groups is 1. The number of nitriles is 1. The molecule has 2 aromatic rings. The fourth-order valence-corrected chi connectivity index (χ4v) is 4.19. The Balaban J connectivity index is 2.18. The van der Waals surface area contributed by atoms with Gasteiger partial charge in [0.25, 0.3) is 5.41 Å². The number of esters is 1. The second-order valence-corrected chi connectivity index (χ2v) is 7.76. The van der Waals surface area contributed by atoms with Gasteiger partial charge in [0, 0.05) is 5.02 Å². The lowest BCUT2D eigenvalue weighted by atomic mass is 9.85. The molecule has 1 heterocycles. The quantitative estimate of drug-likeness (QED) is 0.355. The molecule has 1 aliphatic rings. The average Bonchev–Trinajstić information content (AvgIpc) is 2.97. The van der Waals surface area contributed by atoms with Crippen molar-refractivity contribution in [1.82, 2.24) is 0 Å². The molecule has 0 aliphatic carbocycles. The summed E-state index contributed by atoms with van der Waals surface area (Å²) in [5, 5.41) is 10.6. The van der Waals surface area contributed by atoms with Crippen LogP contribution in [0.5, 0.6) is 0 Å². The topological polar surface area (TPSA) is 79.5 Å². The molecule has 3 rings (SSSR count). The standard InChI is InChI=1S/C21H14Cl2N2O3S/c1-2-28-20(27)21(12-24)18(26)17(11-13-7-3-4-8-14(13)22)29-19(21)25-16-10-6-5-9-15(16)23/h3-11H,2H2,1H3/b17-11-,25-19?. The minimum atomic E-state index is -2.19. The van der Waals surface area contributed by atoms with Crippen molar-refractivity contribution >= 4 is 63.5 Å². The zero-order chi connectivity index (χ0) is 21.0. The Morgan fingerprint density at radius 2 is 1.86 bits per heavy atom. The van der Waals surface area contributed by atoms with E-state index in [2.05, 4.69) is 4.99 Å². The van der Waals surface area contributed by atoms with Crippen LogP contribution in [0.15, 0.2) is 58.4 Å². The van der Waals surface area contributed by atoms with E-state index >= 15 is 0 Å². The summed E-state index contributed by atoms with van der Waals surface area (Å²) in [7, 11) is 0. The van der Waals surface area contributed by atoms with E-state index in [0.717, 1.165) is 11.8 Å². The van der Waals surface area contributed by atoms with Gasteiger partial charge in [-0.15, -0.1) is 0 Å². The number of hydrogen-bond donors (Lipinski definition) is 0. The molecule has 5 nitrogen and oxygen atoms in total. The van der Waals surface area contributed by atoms with Crippen molar-refractivity contribution in [3.63, 3.8) is 0 Å². The Kier molecular flexibility index (Phi) is 6.43. The van der Waals surface area contributed by atoms with Crippen molar-refractivity contribution < 1.29 is 14.3 Å². The third-order valence-corrected chi connectivity index (χ3v) is 5.89. The molecule has 0 amide bonds. The molecule has 8 heteroatoms. The SMILES string of the molecule is CCOC(=O)C1(C#N)C(=O)/C(=C/c2ccccc2Cl)SC1=Nc1ccccc1Cl. The molecule has 146 valence electrons. The van der Waals surface area contributed by atoms with Gasteiger partial charge in [0.2, 0.25) is 5.78 Å². The highest BCUT2D eigenvalue weighted by Gasteiger charge is 2.59. The second-order valence-electron chi connectivity index (χ2n) is 5.91. The Morgan fingerprint density at radius 3 is 2.48 bits per heavy atom. The van der Waals surface area contributed by atoms with Crippen molar-refractivity contribution in [3.05, 3.63) is 69.0 Å². The van der Waals surface area contributed by atoms with Gasteiger partial charge in [-0.1, -0.05) is 65.3 Å². The minimum absolute atomic E-state index is 0.00477. The molecule has 1 aliphatic heterocycles. The molecule has 0 bridgehead atoms. The van der Waals surface area contributed by atoms with Crippen LogP contribution in [0.3, 0.4) is 0 Å². The Labute approximate surface area is 182 Å². The molecule has 2 aromatic carbocycles. The van der Waals surface area contributed by atoms with Crippen LogP contribution in [-0.2, 0) is 14.3 Å². The fraction of sp³-hybridized carbons (Fsp3) is 0.143. The third kappa shape index (κ3) is 3.95. The van der Waals surface area contributed by atoms with E-state index in [0.29, 0.717) is 21.3 Å². The summed E-state index contributed by atoms with van der Waals surface area (Å²) in [6, 6.07) is 15.5. The number of Topliss-reactive ketones (excluding diaryl/α,β-unsaturated/α-hetero) is 1. The van der Waals surface area contributed by atoms with Gasteiger partial charge in [0.05, 0.1) is 28.3 Å². The highest BCUT2D eigenvalue weighted by atomic mass is 35.5. The van der Waals surface area contributed by atoms with Crippen LogP contribution in [0.4, 0.5) is 5.69 Å². The maximum atomic E-state index is 13.2. The Hall–Kier alpha value is -2.59. The predicted molar refractivity (Wildman–Crippen MR) is 115 cm³/mol. The van der Waals surface area contributed by atoms with Gasteiger partial charge in [0.1, 0.15) is 5.04 Å². The van der Waals surface area contributed by atoms with Gasteiger partial charge >= 0.3 is 5.97 Å². The lowest BCUT2D eigenvalue weighted by molar-refractivity contribution is -0.150. The fourth-order valence-electron chi connectivity index (χ4n) is 2.66. The van der Waals surface area contributed by atoms with Gasteiger partial charge in [-0.3, -0.25) is 4.79 Å². The maximum absolute atomic E-state index is 13.2. The van der Waals surface area contributed by atoms with E-state index in [9.17, 15) is 14.9 Å². The molecule has 1 atom stereocenters. The van der Waals surface area contributed by atoms with Crippen LogP contribution >= 0.6 is 35.0 Å². The molecular weight excluding hydrogens is 431 g/mol. The van der Waals surface area contributed by atoms with Gasteiger partial charge in [-0.2, -0.15) is 5.26 Å². The van der Waals surface area contributed by atoms with Crippen molar-refractivity contribution in [2.45, 2.75) is 6.92 Å². The molecule has 1 saturated heterocycles. The number of nitrogens with zero attached hydrogens (tertiary/aromatic N) is 2. The van der Waals surface area contributed by atoms with Crippen molar-refractivity contribution in [3.8, 4) is 6.07 Å². The number of allylic oxidation sites excluding steroid dienone is 1. The number of carbonyl (C=O) groups excluding carboxylic acids is 2. The van der Waals surface area contributed by atoms with Crippen molar-refractivity contribution in [2.24, 2.45) is 10.4 Å². The van der Waals surface area contributed by atoms with Crippen molar-refractivity contribution in [2.75, 3.05) is 6.61 Å². The number of aliphatic imine (C=N–C) groups is 1. The number of rotatable bonds is 4. The molecular formula is C21H14Cl2N2O3S. The predicted octanol–water partition coefficient (Wildman–Crippen LogP) is 5.45. The molecule has 0 radical (unpaired) electrons. The molecule has 1 unspecified atom stereocenters. The summed E-state index contributed by atoms with van der Waals surface area (Å²) in [6.45, 7) is 1.62. The summed E-state index contributed by atoms with van der Waals surface area (Å²) >= 11 is 13.3. The molecule has 0 N–H and O–H groups in total. The Bertz CT molecular complexity index is 1090. The van der Waals surface area contributed by atoms with E-state index in [1.165, 1.54) is 6.08 Å². The van der Waals surface area contributed by atoms with Crippen LogP contribution in [0.25, 0.3) is 6.08 Å².